The van der Waals surface area contributed by atoms with Crippen molar-refractivity contribution in [3.63, 3.8) is 0 Å². The molecule has 0 bridgehead atoms. The van der Waals surface area contributed by atoms with Gasteiger partial charge in [-0.15, -0.1) is 0 Å². The average Bonchev–Trinajstić information content (AvgIpc) is 2.39. The lowest BCUT2D eigenvalue weighted by atomic mass is 10.0. The van der Waals surface area contributed by atoms with Gasteiger partial charge in [0.15, 0.2) is 0 Å². The summed E-state index contributed by atoms with van der Waals surface area (Å²) in [6, 6.07) is 0. The Balaban J connectivity index is 2.86. The highest BCUT2D eigenvalue weighted by Crippen LogP contribution is 2.13. The summed E-state index contributed by atoms with van der Waals surface area (Å²) in [5.41, 5.74) is 0. The van der Waals surface area contributed by atoms with Crippen molar-refractivity contribution in [3.05, 3.63) is 0 Å². The lowest BCUT2D eigenvalue weighted by Gasteiger charge is -2.02. The minimum absolute atomic E-state index is 1.07. The topological polar surface area (TPSA) is 0 Å². The van der Waals surface area contributed by atoms with Crippen LogP contribution in [0.2, 0.25) is 0 Å². The molecule has 0 radical (unpaired) electrons. The first-order valence-corrected chi connectivity index (χ1v) is 10.2. The van der Waals surface area contributed by atoms with Crippen molar-refractivity contribution in [3.8, 4) is 0 Å². The Bertz CT molecular complexity index is 123. The Morgan fingerprint density at radius 3 is 1.00 bits per heavy atom. The Hall–Kier alpha value is 1.08. The van der Waals surface area contributed by atoms with Gasteiger partial charge in [0.1, 0.15) is 0 Å². The van der Waals surface area contributed by atoms with Gasteiger partial charge in [-0.3, -0.25) is 0 Å². The molecule has 0 rings (SSSR count). The van der Waals surface area contributed by atoms with Crippen LogP contribution >= 0.6 is 35.2 Å². The molecule has 0 N–H and O–H groups in total. The summed E-state index contributed by atoms with van der Waals surface area (Å²) < 4.78 is 1.34. The first-order chi connectivity index (χ1) is 8.91. The van der Waals surface area contributed by atoms with Crippen LogP contribution < -0.4 is 0 Å². The third-order valence-electron chi connectivity index (χ3n) is 3.54. The van der Waals surface area contributed by atoms with Crippen LogP contribution in [-0.4, -0.2) is 10.2 Å². The summed E-state index contributed by atoms with van der Waals surface area (Å²) in [6.07, 6.45) is 20.2. The predicted molar refractivity (Wildman–Crippen MR) is 97.4 cm³/mol. The SMILES string of the molecule is SCCCCCCCCCCCCCCCCI. The summed E-state index contributed by atoms with van der Waals surface area (Å²) in [5.74, 6) is 1.07. The quantitative estimate of drug-likeness (QED) is 0.136. The number of halogens is 1. The summed E-state index contributed by atoms with van der Waals surface area (Å²) in [5, 5.41) is 0. The van der Waals surface area contributed by atoms with Gasteiger partial charge >= 0.3 is 0 Å². The Labute approximate surface area is 135 Å². The molecule has 0 saturated carbocycles. The van der Waals surface area contributed by atoms with Crippen LogP contribution in [0.1, 0.15) is 89.9 Å². The van der Waals surface area contributed by atoms with Gasteiger partial charge in [0.2, 0.25) is 0 Å². The van der Waals surface area contributed by atoms with E-state index in [2.05, 4.69) is 35.2 Å². The van der Waals surface area contributed by atoms with Crippen LogP contribution in [0, 0.1) is 0 Å². The number of alkyl halides is 1. The monoisotopic (exact) mass is 384 g/mol. The van der Waals surface area contributed by atoms with Crippen LogP contribution in [0.15, 0.2) is 0 Å². The second kappa shape index (κ2) is 18.1. The van der Waals surface area contributed by atoms with Gasteiger partial charge in [0.05, 0.1) is 0 Å². The Morgan fingerprint density at radius 2 is 0.722 bits per heavy atom. The van der Waals surface area contributed by atoms with Gasteiger partial charge in [-0.1, -0.05) is 99.6 Å². The fraction of sp³-hybridized carbons (Fsp3) is 1.00. The molecule has 0 atom stereocenters. The van der Waals surface area contributed by atoms with E-state index in [0.717, 1.165) is 5.75 Å². The van der Waals surface area contributed by atoms with Crippen LogP contribution in [-0.2, 0) is 0 Å². The van der Waals surface area contributed by atoms with E-state index in [1.165, 1.54) is 94.3 Å². The molecule has 2 heteroatoms. The van der Waals surface area contributed by atoms with Gasteiger partial charge in [0.25, 0.3) is 0 Å². The van der Waals surface area contributed by atoms with E-state index in [1.54, 1.807) is 0 Å². The number of hydrogen-bond donors (Lipinski definition) is 1. The van der Waals surface area contributed by atoms with E-state index in [1.807, 2.05) is 0 Å². The molecule has 0 fully saturated rings. The molecular formula is C16H33IS. The zero-order valence-corrected chi connectivity index (χ0v) is 15.2. The largest absolute Gasteiger partial charge is 0.179 e. The van der Waals surface area contributed by atoms with E-state index in [9.17, 15) is 0 Å². The molecule has 110 valence electrons. The first kappa shape index (κ1) is 19.1. The van der Waals surface area contributed by atoms with Crippen molar-refractivity contribution in [2.24, 2.45) is 0 Å². The second-order valence-corrected chi connectivity index (χ2v) is 6.89. The molecule has 0 aliphatic rings. The van der Waals surface area contributed by atoms with Crippen LogP contribution in [0.3, 0.4) is 0 Å². The molecule has 0 unspecified atom stereocenters. The van der Waals surface area contributed by atoms with Crippen LogP contribution in [0.25, 0.3) is 0 Å². The van der Waals surface area contributed by atoms with Gasteiger partial charge in [-0.25, -0.2) is 0 Å². The van der Waals surface area contributed by atoms with E-state index >= 15 is 0 Å². The summed E-state index contributed by atoms with van der Waals surface area (Å²) in [6.45, 7) is 0. The number of rotatable bonds is 15. The molecular weight excluding hydrogens is 351 g/mol. The first-order valence-electron chi connectivity index (χ1n) is 8.08. The summed E-state index contributed by atoms with van der Waals surface area (Å²) >= 11 is 6.72. The maximum Gasteiger partial charge on any atom is -0.000473 e. The van der Waals surface area contributed by atoms with Crippen LogP contribution in [0.4, 0.5) is 0 Å². The maximum absolute atomic E-state index is 4.24. The molecule has 0 amide bonds. The minimum atomic E-state index is 1.07. The molecule has 0 aliphatic carbocycles. The average molecular weight is 384 g/mol. The molecule has 0 aromatic carbocycles. The van der Waals surface area contributed by atoms with E-state index in [-0.39, 0.29) is 0 Å². The van der Waals surface area contributed by atoms with E-state index in [4.69, 9.17) is 0 Å². The molecule has 0 aromatic heterocycles. The van der Waals surface area contributed by atoms with Crippen molar-refractivity contribution >= 4 is 35.2 Å². The zero-order chi connectivity index (χ0) is 13.3. The Morgan fingerprint density at radius 1 is 0.444 bits per heavy atom. The molecule has 0 saturated heterocycles. The van der Waals surface area contributed by atoms with E-state index in [0.29, 0.717) is 0 Å². The van der Waals surface area contributed by atoms with Crippen molar-refractivity contribution in [1.82, 2.24) is 0 Å². The maximum atomic E-state index is 4.24. The predicted octanol–water partition coefficient (Wildman–Crippen LogP) is 6.81. The van der Waals surface area contributed by atoms with Gasteiger partial charge in [-0.2, -0.15) is 12.6 Å². The highest BCUT2D eigenvalue weighted by atomic mass is 127. The van der Waals surface area contributed by atoms with Crippen molar-refractivity contribution < 1.29 is 0 Å². The third kappa shape index (κ3) is 17.1. The van der Waals surface area contributed by atoms with Crippen molar-refractivity contribution in [2.75, 3.05) is 10.2 Å². The second-order valence-electron chi connectivity index (χ2n) is 5.36. The molecule has 0 aromatic rings. The smallest absolute Gasteiger partial charge is 0.000473 e. The molecule has 0 spiro atoms. The van der Waals surface area contributed by atoms with Gasteiger partial charge in [-0.05, 0) is 23.0 Å². The van der Waals surface area contributed by atoms with Gasteiger partial charge in [0, 0.05) is 0 Å². The van der Waals surface area contributed by atoms with Gasteiger partial charge < -0.3 is 0 Å². The number of hydrogen-bond acceptors (Lipinski definition) is 1. The highest BCUT2D eigenvalue weighted by Gasteiger charge is 1.93. The summed E-state index contributed by atoms with van der Waals surface area (Å²) in [7, 11) is 0. The van der Waals surface area contributed by atoms with Crippen molar-refractivity contribution in [2.45, 2.75) is 89.9 Å². The third-order valence-corrected chi connectivity index (χ3v) is 4.62. The minimum Gasteiger partial charge on any atom is -0.179 e. The standard InChI is InChI=1S/C16H33IS/c17-15-13-11-9-7-5-3-1-2-4-6-8-10-12-14-16-18/h18H,1-16H2. The summed E-state index contributed by atoms with van der Waals surface area (Å²) in [4.78, 5) is 0. The van der Waals surface area contributed by atoms with E-state index < -0.39 is 0 Å². The highest BCUT2D eigenvalue weighted by molar-refractivity contribution is 14.1. The van der Waals surface area contributed by atoms with Crippen molar-refractivity contribution in [1.29, 1.82) is 0 Å². The number of unbranched alkanes of at least 4 members (excludes halogenated alkanes) is 13. The lowest BCUT2D eigenvalue weighted by molar-refractivity contribution is 0.539. The molecule has 0 heterocycles. The lowest BCUT2D eigenvalue weighted by Crippen LogP contribution is -1.83. The van der Waals surface area contributed by atoms with Crippen LogP contribution in [0.5, 0.6) is 0 Å². The molecule has 18 heavy (non-hydrogen) atoms. The normalized spacial score (nSPS) is 11.0. The molecule has 0 nitrogen and oxygen atoms in total. The zero-order valence-electron chi connectivity index (χ0n) is 12.1. The molecule has 0 aliphatic heterocycles. The fourth-order valence-electron chi connectivity index (χ4n) is 2.33. The Kier molecular flexibility index (Phi) is 19.2. The fourth-order valence-corrected chi connectivity index (χ4v) is 3.09. The number of thiol groups is 1.